The molecule has 0 radical (unpaired) electrons. The van der Waals surface area contributed by atoms with Gasteiger partial charge >= 0.3 is 12.1 Å². The summed E-state index contributed by atoms with van der Waals surface area (Å²) < 4.78 is 10.3. The summed E-state index contributed by atoms with van der Waals surface area (Å²) in [5.41, 5.74) is 0.493. The number of methoxy groups -OCH3 is 1. The van der Waals surface area contributed by atoms with Crippen LogP contribution in [0.25, 0.3) is 6.08 Å². The van der Waals surface area contributed by atoms with Gasteiger partial charge in [0.1, 0.15) is 5.60 Å². The Hall–Kier alpha value is -2.30. The van der Waals surface area contributed by atoms with E-state index in [4.69, 9.17) is 9.47 Å². The molecule has 1 aromatic rings. The Bertz CT molecular complexity index is 604. The number of esters is 1. The van der Waals surface area contributed by atoms with E-state index < -0.39 is 11.7 Å². The molecule has 24 heavy (non-hydrogen) atoms. The van der Waals surface area contributed by atoms with Crippen LogP contribution in [0.3, 0.4) is 0 Å². The maximum absolute atomic E-state index is 12.3. The molecule has 1 aliphatic heterocycles. The maximum Gasteiger partial charge on any atom is 0.410 e. The molecule has 1 amide bonds. The summed E-state index contributed by atoms with van der Waals surface area (Å²) in [6, 6.07) is 9.85. The second kappa shape index (κ2) is 7.51. The Labute approximate surface area is 143 Å². The van der Waals surface area contributed by atoms with E-state index >= 15 is 0 Å². The number of carbonyl (C=O) groups is 2. The number of ether oxygens (including phenoxy) is 2. The number of hydrogen-bond donors (Lipinski definition) is 0. The van der Waals surface area contributed by atoms with Crippen LogP contribution in [0.5, 0.6) is 0 Å². The minimum Gasteiger partial charge on any atom is -0.469 e. The third-order valence-electron chi connectivity index (χ3n) is 3.86. The van der Waals surface area contributed by atoms with Crippen molar-refractivity contribution in [3.05, 3.63) is 42.0 Å². The van der Waals surface area contributed by atoms with Gasteiger partial charge in [0.05, 0.1) is 13.0 Å². The van der Waals surface area contributed by atoms with Gasteiger partial charge in [-0.15, -0.1) is 0 Å². The molecule has 1 aromatic carbocycles. The minimum absolute atomic E-state index is 0.0924. The average molecular weight is 331 g/mol. The lowest BCUT2D eigenvalue weighted by Gasteiger charge is -2.24. The van der Waals surface area contributed by atoms with Crippen molar-refractivity contribution in [2.24, 2.45) is 11.8 Å². The zero-order chi connectivity index (χ0) is 17.7. The SMILES string of the molecule is COC(=O)[C@H]1CN(C(=O)OC(C)(C)C)C[C@@H]1/C=C\c1ccccc1. The van der Waals surface area contributed by atoms with Gasteiger partial charge in [0, 0.05) is 19.0 Å². The highest BCUT2D eigenvalue weighted by molar-refractivity contribution is 5.76. The first kappa shape index (κ1) is 18.0. The van der Waals surface area contributed by atoms with E-state index in [1.54, 1.807) is 4.90 Å². The third kappa shape index (κ3) is 4.85. The summed E-state index contributed by atoms with van der Waals surface area (Å²) in [6.45, 7) is 6.23. The Kier molecular flexibility index (Phi) is 5.65. The van der Waals surface area contributed by atoms with Crippen LogP contribution in [0.1, 0.15) is 26.3 Å². The van der Waals surface area contributed by atoms with Crippen molar-refractivity contribution in [3.8, 4) is 0 Å². The Balaban J connectivity index is 2.11. The van der Waals surface area contributed by atoms with Gasteiger partial charge < -0.3 is 14.4 Å². The number of nitrogens with zero attached hydrogens (tertiary/aromatic N) is 1. The maximum atomic E-state index is 12.3. The van der Waals surface area contributed by atoms with Crippen LogP contribution < -0.4 is 0 Å². The molecule has 1 fully saturated rings. The van der Waals surface area contributed by atoms with Crippen molar-refractivity contribution in [3.63, 3.8) is 0 Å². The average Bonchev–Trinajstić information content (AvgIpc) is 2.96. The zero-order valence-corrected chi connectivity index (χ0v) is 14.7. The fourth-order valence-corrected chi connectivity index (χ4v) is 2.70. The van der Waals surface area contributed by atoms with Gasteiger partial charge in [0.2, 0.25) is 0 Å². The normalized spacial score (nSPS) is 21.1. The number of amides is 1. The zero-order valence-electron chi connectivity index (χ0n) is 14.7. The predicted molar refractivity (Wildman–Crippen MR) is 92.3 cm³/mol. The van der Waals surface area contributed by atoms with Crippen molar-refractivity contribution in [2.45, 2.75) is 26.4 Å². The second-order valence-corrected chi connectivity index (χ2v) is 6.95. The van der Waals surface area contributed by atoms with Gasteiger partial charge in [-0.05, 0) is 26.3 Å². The van der Waals surface area contributed by atoms with Crippen molar-refractivity contribution in [2.75, 3.05) is 20.2 Å². The van der Waals surface area contributed by atoms with Gasteiger partial charge in [0.15, 0.2) is 0 Å². The van der Waals surface area contributed by atoms with Crippen LogP contribution in [0.2, 0.25) is 0 Å². The summed E-state index contributed by atoms with van der Waals surface area (Å²) in [4.78, 5) is 25.9. The molecule has 1 heterocycles. The highest BCUT2D eigenvalue weighted by Gasteiger charge is 2.40. The molecule has 5 heteroatoms. The molecule has 0 unspecified atom stereocenters. The lowest BCUT2D eigenvalue weighted by molar-refractivity contribution is -0.145. The first-order valence-electron chi connectivity index (χ1n) is 8.09. The second-order valence-electron chi connectivity index (χ2n) is 6.95. The van der Waals surface area contributed by atoms with E-state index in [0.29, 0.717) is 13.1 Å². The number of benzene rings is 1. The van der Waals surface area contributed by atoms with Crippen LogP contribution in [0.15, 0.2) is 36.4 Å². The highest BCUT2D eigenvalue weighted by Crippen LogP contribution is 2.28. The number of rotatable bonds is 3. The van der Waals surface area contributed by atoms with Gasteiger partial charge in [-0.25, -0.2) is 4.79 Å². The van der Waals surface area contributed by atoms with Crippen LogP contribution in [-0.4, -0.2) is 42.8 Å². The predicted octanol–water partition coefficient (Wildman–Crippen LogP) is 3.36. The van der Waals surface area contributed by atoms with E-state index in [1.165, 1.54) is 7.11 Å². The lowest BCUT2D eigenvalue weighted by Crippen LogP contribution is -2.36. The lowest BCUT2D eigenvalue weighted by atomic mass is 9.95. The molecular formula is C19H25NO4. The topological polar surface area (TPSA) is 55.8 Å². The molecule has 0 N–H and O–H groups in total. The molecule has 0 aromatic heterocycles. The third-order valence-corrected chi connectivity index (χ3v) is 3.86. The van der Waals surface area contributed by atoms with Crippen molar-refractivity contribution >= 4 is 18.1 Å². The Morgan fingerprint density at radius 3 is 2.42 bits per heavy atom. The largest absolute Gasteiger partial charge is 0.469 e. The summed E-state index contributed by atoms with van der Waals surface area (Å²) in [6.07, 6.45) is 3.55. The smallest absolute Gasteiger partial charge is 0.410 e. The van der Waals surface area contributed by atoms with E-state index in [1.807, 2.05) is 63.3 Å². The summed E-state index contributed by atoms with van der Waals surface area (Å²) in [7, 11) is 1.37. The molecule has 2 atom stereocenters. The van der Waals surface area contributed by atoms with Crippen molar-refractivity contribution < 1.29 is 19.1 Å². The summed E-state index contributed by atoms with van der Waals surface area (Å²) >= 11 is 0. The van der Waals surface area contributed by atoms with Crippen LogP contribution in [-0.2, 0) is 14.3 Å². The molecule has 0 saturated carbocycles. The minimum atomic E-state index is -0.560. The molecule has 0 aliphatic carbocycles. The molecule has 5 nitrogen and oxygen atoms in total. The molecule has 2 rings (SSSR count). The van der Waals surface area contributed by atoms with E-state index in [9.17, 15) is 9.59 Å². The van der Waals surface area contributed by atoms with E-state index in [2.05, 4.69) is 0 Å². The number of likely N-dealkylation sites (tertiary alicyclic amines) is 1. The molecule has 0 bridgehead atoms. The van der Waals surface area contributed by atoms with Gasteiger partial charge in [0.25, 0.3) is 0 Å². The van der Waals surface area contributed by atoms with Crippen LogP contribution >= 0.6 is 0 Å². The number of carbonyl (C=O) groups excluding carboxylic acids is 2. The fraction of sp³-hybridized carbons (Fsp3) is 0.474. The monoisotopic (exact) mass is 331 g/mol. The molecular weight excluding hydrogens is 306 g/mol. The van der Waals surface area contributed by atoms with Crippen molar-refractivity contribution in [1.82, 2.24) is 4.90 Å². The molecule has 1 saturated heterocycles. The van der Waals surface area contributed by atoms with Gasteiger partial charge in [-0.3, -0.25) is 4.79 Å². The molecule has 130 valence electrons. The van der Waals surface area contributed by atoms with Crippen molar-refractivity contribution in [1.29, 1.82) is 0 Å². The Morgan fingerprint density at radius 1 is 1.17 bits per heavy atom. The Morgan fingerprint density at radius 2 is 1.83 bits per heavy atom. The summed E-state index contributed by atoms with van der Waals surface area (Å²) in [5, 5.41) is 0. The summed E-state index contributed by atoms with van der Waals surface area (Å²) in [5.74, 6) is -0.767. The first-order valence-corrected chi connectivity index (χ1v) is 8.09. The highest BCUT2D eigenvalue weighted by atomic mass is 16.6. The fourth-order valence-electron chi connectivity index (χ4n) is 2.70. The number of hydrogen-bond acceptors (Lipinski definition) is 4. The standard InChI is InChI=1S/C19H25NO4/c1-19(2,3)24-18(22)20-12-15(16(13-20)17(21)23-4)11-10-14-8-6-5-7-9-14/h5-11,15-16H,12-13H2,1-4H3/b11-10-/t15-,16-/m0/s1. The molecule has 1 aliphatic rings. The van der Waals surface area contributed by atoms with Gasteiger partial charge in [-0.2, -0.15) is 0 Å². The van der Waals surface area contributed by atoms with Gasteiger partial charge in [-0.1, -0.05) is 42.5 Å². The van der Waals surface area contributed by atoms with Crippen LogP contribution in [0, 0.1) is 11.8 Å². The first-order chi connectivity index (χ1) is 11.3. The van der Waals surface area contributed by atoms with E-state index in [-0.39, 0.29) is 17.8 Å². The quantitative estimate of drug-likeness (QED) is 0.797. The van der Waals surface area contributed by atoms with E-state index in [0.717, 1.165) is 5.56 Å². The van der Waals surface area contributed by atoms with Crippen LogP contribution in [0.4, 0.5) is 4.79 Å². The molecule has 0 spiro atoms.